The van der Waals surface area contributed by atoms with Crippen LogP contribution in [0.4, 0.5) is 0 Å². The molecule has 1 rings (SSSR count). The van der Waals surface area contributed by atoms with Crippen molar-refractivity contribution in [3.8, 4) is 0 Å². The van der Waals surface area contributed by atoms with Gasteiger partial charge >= 0.3 is 5.97 Å². The number of aromatic nitrogens is 2. The molecule has 1 N–H and O–H groups in total. The van der Waals surface area contributed by atoms with Crippen molar-refractivity contribution >= 4 is 5.97 Å². The highest BCUT2D eigenvalue weighted by molar-refractivity contribution is 5.73. The highest BCUT2D eigenvalue weighted by atomic mass is 16.4. The van der Waals surface area contributed by atoms with Gasteiger partial charge in [0.15, 0.2) is 0 Å². The molecule has 72 valence electrons. The number of aryl methyl sites for hydroxylation is 1. The van der Waals surface area contributed by atoms with E-state index in [9.17, 15) is 4.79 Å². The van der Waals surface area contributed by atoms with Crippen LogP contribution in [0, 0.1) is 12.3 Å². The maximum atomic E-state index is 10.8. The lowest BCUT2D eigenvalue weighted by Gasteiger charge is -2.18. The second kappa shape index (κ2) is 3.20. The Hall–Kier alpha value is -1.32. The molecule has 0 spiro atoms. The molecule has 0 atom stereocenters. The number of aliphatic carboxylic acids is 1. The third kappa shape index (κ3) is 2.31. The molecule has 0 bridgehead atoms. The summed E-state index contributed by atoms with van der Waals surface area (Å²) in [6.45, 7) is 5.65. The smallest absolute Gasteiger partial charge is 0.310 e. The molecule has 4 nitrogen and oxygen atoms in total. The van der Waals surface area contributed by atoms with Crippen LogP contribution in [0.1, 0.15) is 19.5 Å². The van der Waals surface area contributed by atoms with Crippen LogP contribution in [0.15, 0.2) is 12.3 Å². The molecule has 1 aromatic heterocycles. The van der Waals surface area contributed by atoms with Crippen LogP contribution < -0.4 is 0 Å². The molecule has 0 aromatic carbocycles. The first-order valence-corrected chi connectivity index (χ1v) is 4.15. The van der Waals surface area contributed by atoms with E-state index in [1.807, 2.05) is 13.0 Å². The van der Waals surface area contributed by atoms with Crippen molar-refractivity contribution in [2.45, 2.75) is 27.3 Å². The average Bonchev–Trinajstić information content (AvgIpc) is 2.34. The summed E-state index contributed by atoms with van der Waals surface area (Å²) in [7, 11) is 0. The summed E-state index contributed by atoms with van der Waals surface area (Å²) in [6.07, 6.45) is 1.79. The van der Waals surface area contributed by atoms with Crippen molar-refractivity contribution in [3.05, 3.63) is 18.0 Å². The first-order valence-electron chi connectivity index (χ1n) is 4.15. The maximum Gasteiger partial charge on any atom is 0.310 e. The number of carbonyl (C=O) groups is 1. The van der Waals surface area contributed by atoms with E-state index < -0.39 is 11.4 Å². The minimum absolute atomic E-state index is 0.399. The van der Waals surface area contributed by atoms with Gasteiger partial charge < -0.3 is 5.11 Å². The Labute approximate surface area is 77.2 Å². The standard InChI is InChI=1S/C9H14N2O2/c1-7-4-5-11(10-7)6-9(2,3)8(12)13/h4-5H,6H2,1-3H3,(H,12,13). The quantitative estimate of drug-likeness (QED) is 0.766. The van der Waals surface area contributed by atoms with E-state index >= 15 is 0 Å². The molecular weight excluding hydrogens is 168 g/mol. The molecule has 0 saturated carbocycles. The van der Waals surface area contributed by atoms with Crippen LogP contribution in [0.25, 0.3) is 0 Å². The number of carboxylic acid groups (broad SMARTS) is 1. The van der Waals surface area contributed by atoms with Gasteiger partial charge in [0.05, 0.1) is 17.7 Å². The number of carboxylic acids is 1. The van der Waals surface area contributed by atoms with Crippen molar-refractivity contribution in [2.24, 2.45) is 5.41 Å². The van der Waals surface area contributed by atoms with E-state index in [1.54, 1.807) is 24.7 Å². The average molecular weight is 182 g/mol. The van der Waals surface area contributed by atoms with Gasteiger partial charge in [-0.2, -0.15) is 5.10 Å². The lowest BCUT2D eigenvalue weighted by Crippen LogP contribution is -2.29. The van der Waals surface area contributed by atoms with Gasteiger partial charge in [0, 0.05) is 6.20 Å². The third-order valence-electron chi connectivity index (χ3n) is 1.91. The summed E-state index contributed by atoms with van der Waals surface area (Å²) < 4.78 is 1.66. The molecule has 0 aliphatic carbocycles. The summed E-state index contributed by atoms with van der Waals surface area (Å²) in [5.74, 6) is -0.805. The van der Waals surface area contributed by atoms with Crippen molar-refractivity contribution < 1.29 is 9.90 Å². The molecule has 13 heavy (non-hydrogen) atoms. The Morgan fingerprint density at radius 1 is 1.69 bits per heavy atom. The molecule has 0 fully saturated rings. The SMILES string of the molecule is Cc1ccn(CC(C)(C)C(=O)O)n1. The Kier molecular flexibility index (Phi) is 2.40. The van der Waals surface area contributed by atoms with Crippen LogP contribution in [-0.4, -0.2) is 20.9 Å². The van der Waals surface area contributed by atoms with Crippen LogP contribution in [0.5, 0.6) is 0 Å². The Balaban J connectivity index is 2.74. The zero-order valence-electron chi connectivity index (χ0n) is 8.11. The molecular formula is C9H14N2O2. The predicted octanol–water partition coefficient (Wildman–Crippen LogP) is 1.30. The molecule has 0 radical (unpaired) electrons. The van der Waals surface area contributed by atoms with E-state index in [4.69, 9.17) is 5.11 Å². The van der Waals surface area contributed by atoms with E-state index in [0.29, 0.717) is 6.54 Å². The fourth-order valence-corrected chi connectivity index (χ4v) is 1.02. The van der Waals surface area contributed by atoms with Crippen LogP contribution in [0.3, 0.4) is 0 Å². The predicted molar refractivity (Wildman–Crippen MR) is 48.4 cm³/mol. The van der Waals surface area contributed by atoms with Gasteiger partial charge in [-0.05, 0) is 26.8 Å². The van der Waals surface area contributed by atoms with E-state index in [0.717, 1.165) is 5.69 Å². The Morgan fingerprint density at radius 2 is 2.31 bits per heavy atom. The fraction of sp³-hybridized carbons (Fsp3) is 0.556. The van der Waals surface area contributed by atoms with Crippen molar-refractivity contribution in [2.75, 3.05) is 0 Å². The largest absolute Gasteiger partial charge is 0.481 e. The minimum Gasteiger partial charge on any atom is -0.481 e. The molecule has 1 heterocycles. The number of rotatable bonds is 3. The Bertz CT molecular complexity index is 315. The zero-order chi connectivity index (χ0) is 10.1. The molecule has 0 saturated heterocycles. The summed E-state index contributed by atoms with van der Waals surface area (Å²) in [6, 6.07) is 1.86. The molecule has 0 amide bonds. The first kappa shape index (κ1) is 9.77. The molecule has 1 aromatic rings. The molecule has 4 heteroatoms. The lowest BCUT2D eigenvalue weighted by molar-refractivity contribution is -0.147. The molecule has 0 unspecified atom stereocenters. The van der Waals surface area contributed by atoms with E-state index in [-0.39, 0.29) is 0 Å². The van der Waals surface area contributed by atoms with Crippen molar-refractivity contribution in [3.63, 3.8) is 0 Å². The molecule has 0 aliphatic rings. The maximum absolute atomic E-state index is 10.8. The summed E-state index contributed by atoms with van der Waals surface area (Å²) in [5, 5.41) is 13.0. The summed E-state index contributed by atoms with van der Waals surface area (Å²) in [4.78, 5) is 10.8. The second-order valence-electron chi connectivity index (χ2n) is 3.84. The molecule has 0 aliphatic heterocycles. The number of nitrogens with zero attached hydrogens (tertiary/aromatic N) is 2. The Morgan fingerprint density at radius 3 is 2.69 bits per heavy atom. The highest BCUT2D eigenvalue weighted by Crippen LogP contribution is 2.17. The highest BCUT2D eigenvalue weighted by Gasteiger charge is 2.27. The van der Waals surface area contributed by atoms with Gasteiger partial charge in [-0.25, -0.2) is 0 Å². The van der Waals surface area contributed by atoms with Gasteiger partial charge in [0.25, 0.3) is 0 Å². The van der Waals surface area contributed by atoms with E-state index in [2.05, 4.69) is 5.10 Å². The monoisotopic (exact) mass is 182 g/mol. The van der Waals surface area contributed by atoms with Gasteiger partial charge in [0.2, 0.25) is 0 Å². The van der Waals surface area contributed by atoms with Gasteiger partial charge in [-0.3, -0.25) is 9.48 Å². The van der Waals surface area contributed by atoms with E-state index in [1.165, 1.54) is 0 Å². The van der Waals surface area contributed by atoms with Gasteiger partial charge in [-0.1, -0.05) is 0 Å². The number of hydrogen-bond donors (Lipinski definition) is 1. The summed E-state index contributed by atoms with van der Waals surface area (Å²) >= 11 is 0. The van der Waals surface area contributed by atoms with Gasteiger partial charge in [0.1, 0.15) is 0 Å². The summed E-state index contributed by atoms with van der Waals surface area (Å²) in [5.41, 5.74) is 0.138. The van der Waals surface area contributed by atoms with Crippen molar-refractivity contribution in [1.29, 1.82) is 0 Å². The minimum atomic E-state index is -0.805. The number of hydrogen-bond acceptors (Lipinski definition) is 2. The normalized spacial score (nSPS) is 11.6. The second-order valence-corrected chi connectivity index (χ2v) is 3.84. The lowest BCUT2D eigenvalue weighted by atomic mass is 9.94. The zero-order valence-corrected chi connectivity index (χ0v) is 8.11. The fourth-order valence-electron chi connectivity index (χ4n) is 1.02. The van der Waals surface area contributed by atoms with Gasteiger partial charge in [-0.15, -0.1) is 0 Å². The first-order chi connectivity index (χ1) is 5.92. The third-order valence-corrected chi connectivity index (χ3v) is 1.91. The van der Waals surface area contributed by atoms with Crippen molar-refractivity contribution in [1.82, 2.24) is 9.78 Å². The van der Waals surface area contributed by atoms with Crippen LogP contribution >= 0.6 is 0 Å². The topological polar surface area (TPSA) is 55.1 Å². The van der Waals surface area contributed by atoms with Crippen LogP contribution in [-0.2, 0) is 11.3 Å². The van der Waals surface area contributed by atoms with Crippen LogP contribution in [0.2, 0.25) is 0 Å².